The molecule has 2 heterocycles. The minimum atomic E-state index is 0.0695. The second-order valence-corrected chi connectivity index (χ2v) is 4.58. The zero-order valence-corrected chi connectivity index (χ0v) is 10.1. The number of hydrogen-bond acceptors (Lipinski definition) is 3. The number of nitrogens with zero attached hydrogens (tertiary/aromatic N) is 2. The van der Waals surface area contributed by atoms with Crippen molar-refractivity contribution >= 4 is 5.82 Å². The van der Waals surface area contributed by atoms with Crippen LogP contribution in [0.2, 0.25) is 0 Å². The van der Waals surface area contributed by atoms with Crippen LogP contribution in [0.5, 0.6) is 0 Å². The van der Waals surface area contributed by atoms with E-state index in [9.17, 15) is 0 Å². The zero-order chi connectivity index (χ0) is 11.5. The first-order valence-corrected chi connectivity index (χ1v) is 6.10. The van der Waals surface area contributed by atoms with E-state index in [-0.39, 0.29) is 6.61 Å². The van der Waals surface area contributed by atoms with E-state index in [1.165, 1.54) is 19.3 Å². The lowest BCUT2D eigenvalue weighted by molar-refractivity contribution is 0.281. The Morgan fingerprint density at radius 1 is 1.44 bits per heavy atom. The molecular formula is C13H20N2O. The summed E-state index contributed by atoms with van der Waals surface area (Å²) >= 11 is 0. The minimum absolute atomic E-state index is 0.0695. The van der Waals surface area contributed by atoms with Gasteiger partial charge in [0, 0.05) is 18.3 Å². The van der Waals surface area contributed by atoms with Crippen molar-refractivity contribution in [1.29, 1.82) is 0 Å². The smallest absolute Gasteiger partial charge is 0.128 e. The third-order valence-corrected chi connectivity index (χ3v) is 3.51. The molecule has 1 aliphatic rings. The molecular weight excluding hydrogens is 200 g/mol. The predicted octanol–water partition coefficient (Wildman–Crippen LogP) is 2.34. The van der Waals surface area contributed by atoms with Crippen LogP contribution in [0.25, 0.3) is 0 Å². The lowest BCUT2D eigenvalue weighted by Crippen LogP contribution is -2.34. The second kappa shape index (κ2) is 4.83. The highest BCUT2D eigenvalue weighted by atomic mass is 16.3. The number of anilines is 1. The van der Waals surface area contributed by atoms with Crippen LogP contribution < -0.4 is 4.90 Å². The van der Waals surface area contributed by atoms with Gasteiger partial charge in [-0.2, -0.15) is 0 Å². The van der Waals surface area contributed by atoms with Crippen molar-refractivity contribution in [3.63, 3.8) is 0 Å². The molecule has 0 saturated carbocycles. The Morgan fingerprint density at radius 2 is 2.25 bits per heavy atom. The van der Waals surface area contributed by atoms with Gasteiger partial charge < -0.3 is 10.0 Å². The molecule has 0 amide bonds. The molecule has 1 N–H and O–H groups in total. The largest absolute Gasteiger partial charge is 0.392 e. The van der Waals surface area contributed by atoms with Crippen LogP contribution in [0.1, 0.15) is 38.7 Å². The fourth-order valence-electron chi connectivity index (χ4n) is 2.55. The van der Waals surface area contributed by atoms with Crippen LogP contribution in [0, 0.1) is 0 Å². The average Bonchev–Trinajstić information content (AvgIpc) is 2.70. The van der Waals surface area contributed by atoms with E-state index in [0.29, 0.717) is 12.1 Å². The summed E-state index contributed by atoms with van der Waals surface area (Å²) in [6.45, 7) is 4.56. The summed E-state index contributed by atoms with van der Waals surface area (Å²) in [6, 6.07) is 5.19. The molecule has 88 valence electrons. The molecule has 0 spiro atoms. The van der Waals surface area contributed by atoms with E-state index in [4.69, 9.17) is 5.11 Å². The molecule has 2 rings (SSSR count). The van der Waals surface area contributed by atoms with Crippen molar-refractivity contribution < 1.29 is 5.11 Å². The highest BCUT2D eigenvalue weighted by Crippen LogP contribution is 2.30. The highest BCUT2D eigenvalue weighted by molar-refractivity contribution is 5.43. The number of aromatic nitrogens is 1. The third-order valence-electron chi connectivity index (χ3n) is 3.51. The molecule has 3 heteroatoms. The summed E-state index contributed by atoms with van der Waals surface area (Å²) in [4.78, 5) is 6.86. The molecule has 0 aromatic carbocycles. The van der Waals surface area contributed by atoms with Gasteiger partial charge in [-0.1, -0.05) is 13.0 Å². The van der Waals surface area contributed by atoms with Crippen LogP contribution in [-0.4, -0.2) is 22.2 Å². The number of hydrogen-bond donors (Lipinski definition) is 1. The van der Waals surface area contributed by atoms with E-state index >= 15 is 0 Å². The number of pyridine rings is 1. The van der Waals surface area contributed by atoms with E-state index in [1.54, 1.807) is 6.20 Å². The van der Waals surface area contributed by atoms with Crippen molar-refractivity contribution in [2.45, 2.75) is 51.8 Å². The Kier molecular flexibility index (Phi) is 3.44. The van der Waals surface area contributed by atoms with E-state index in [1.807, 2.05) is 12.1 Å². The summed E-state index contributed by atoms with van der Waals surface area (Å²) in [5, 5.41) is 8.99. The standard InChI is InChI=1S/C13H20N2O/c1-3-12-6-4-10(2)15(12)13-7-5-11(9-16)8-14-13/h5,7-8,10,12,16H,3-4,6,9H2,1-2H3. The first kappa shape index (κ1) is 11.4. The molecule has 0 radical (unpaired) electrons. The van der Waals surface area contributed by atoms with Gasteiger partial charge >= 0.3 is 0 Å². The summed E-state index contributed by atoms with van der Waals surface area (Å²) in [5.74, 6) is 1.05. The fraction of sp³-hybridized carbons (Fsp3) is 0.615. The summed E-state index contributed by atoms with van der Waals surface area (Å²) in [5.41, 5.74) is 0.878. The van der Waals surface area contributed by atoms with Gasteiger partial charge in [0.15, 0.2) is 0 Å². The van der Waals surface area contributed by atoms with Crippen LogP contribution in [0.15, 0.2) is 18.3 Å². The number of aliphatic hydroxyl groups is 1. The lowest BCUT2D eigenvalue weighted by Gasteiger charge is -2.29. The Balaban J connectivity index is 2.21. The lowest BCUT2D eigenvalue weighted by atomic mass is 10.1. The topological polar surface area (TPSA) is 36.4 Å². The summed E-state index contributed by atoms with van der Waals surface area (Å²) in [7, 11) is 0. The maximum absolute atomic E-state index is 8.99. The van der Waals surface area contributed by atoms with Crippen LogP contribution in [0.3, 0.4) is 0 Å². The van der Waals surface area contributed by atoms with Gasteiger partial charge in [-0.05, 0) is 37.8 Å². The Labute approximate surface area is 97.1 Å². The Morgan fingerprint density at radius 3 is 2.81 bits per heavy atom. The molecule has 2 atom stereocenters. The van der Waals surface area contributed by atoms with Crippen LogP contribution in [-0.2, 0) is 6.61 Å². The van der Waals surface area contributed by atoms with Crippen molar-refractivity contribution in [3.05, 3.63) is 23.9 Å². The quantitative estimate of drug-likeness (QED) is 0.849. The summed E-state index contributed by atoms with van der Waals surface area (Å²) < 4.78 is 0. The molecule has 16 heavy (non-hydrogen) atoms. The Bertz CT molecular complexity index is 336. The van der Waals surface area contributed by atoms with Crippen molar-refractivity contribution in [2.75, 3.05) is 4.90 Å². The molecule has 3 nitrogen and oxygen atoms in total. The average molecular weight is 220 g/mol. The second-order valence-electron chi connectivity index (χ2n) is 4.58. The van der Waals surface area contributed by atoms with Gasteiger partial charge in [0.1, 0.15) is 5.82 Å². The number of rotatable bonds is 3. The molecule has 1 fully saturated rings. The molecule has 1 aromatic rings. The molecule has 0 aliphatic carbocycles. The molecule has 1 aliphatic heterocycles. The summed E-state index contributed by atoms with van der Waals surface area (Å²) in [6.07, 6.45) is 5.46. The molecule has 2 unspecified atom stereocenters. The maximum Gasteiger partial charge on any atom is 0.128 e. The normalized spacial score (nSPS) is 25.1. The first-order chi connectivity index (χ1) is 7.76. The minimum Gasteiger partial charge on any atom is -0.392 e. The first-order valence-electron chi connectivity index (χ1n) is 6.10. The van der Waals surface area contributed by atoms with Gasteiger partial charge in [-0.3, -0.25) is 0 Å². The van der Waals surface area contributed by atoms with Crippen molar-refractivity contribution in [1.82, 2.24) is 4.98 Å². The van der Waals surface area contributed by atoms with Crippen molar-refractivity contribution in [3.8, 4) is 0 Å². The Hall–Kier alpha value is -1.09. The van der Waals surface area contributed by atoms with E-state index < -0.39 is 0 Å². The monoisotopic (exact) mass is 220 g/mol. The van der Waals surface area contributed by atoms with Gasteiger partial charge in [0.2, 0.25) is 0 Å². The third kappa shape index (κ3) is 2.05. The van der Waals surface area contributed by atoms with Gasteiger partial charge in [-0.15, -0.1) is 0 Å². The maximum atomic E-state index is 8.99. The highest BCUT2D eigenvalue weighted by Gasteiger charge is 2.29. The van der Waals surface area contributed by atoms with Gasteiger partial charge in [-0.25, -0.2) is 4.98 Å². The van der Waals surface area contributed by atoms with Crippen LogP contribution in [0.4, 0.5) is 5.82 Å². The van der Waals surface area contributed by atoms with Gasteiger partial charge in [0.25, 0.3) is 0 Å². The van der Waals surface area contributed by atoms with Crippen LogP contribution >= 0.6 is 0 Å². The zero-order valence-electron chi connectivity index (χ0n) is 10.1. The number of aliphatic hydroxyl groups excluding tert-OH is 1. The van der Waals surface area contributed by atoms with Crippen molar-refractivity contribution in [2.24, 2.45) is 0 Å². The molecule has 1 aromatic heterocycles. The van der Waals surface area contributed by atoms with E-state index in [2.05, 4.69) is 23.7 Å². The SMILES string of the molecule is CCC1CCC(C)N1c1ccc(CO)cn1. The van der Waals surface area contributed by atoms with E-state index in [0.717, 1.165) is 11.4 Å². The fourth-order valence-corrected chi connectivity index (χ4v) is 2.55. The molecule has 0 bridgehead atoms. The predicted molar refractivity (Wildman–Crippen MR) is 65.4 cm³/mol. The molecule has 1 saturated heterocycles. The van der Waals surface area contributed by atoms with Gasteiger partial charge in [0.05, 0.1) is 6.61 Å².